The first kappa shape index (κ1) is 10.6. The van der Waals surface area contributed by atoms with E-state index >= 15 is 0 Å². The van der Waals surface area contributed by atoms with Gasteiger partial charge >= 0.3 is 11.9 Å². The third-order valence-corrected chi connectivity index (χ3v) is 2.27. The van der Waals surface area contributed by atoms with E-state index in [0.717, 1.165) is 5.56 Å². The van der Waals surface area contributed by atoms with Crippen molar-refractivity contribution in [3.05, 3.63) is 34.7 Å². The molecule has 1 N–H and O–H groups in total. The highest BCUT2D eigenvalue weighted by atomic mass is 35.5. The fourth-order valence-electron chi connectivity index (χ4n) is 1.24. The Morgan fingerprint density at radius 3 is 2.81 bits per heavy atom. The van der Waals surface area contributed by atoms with Crippen LogP contribution in [0.1, 0.15) is 16.2 Å². The number of hydrogen-bond acceptors (Lipinski definition) is 4. The highest BCUT2D eigenvalue weighted by molar-refractivity contribution is 6.30. The van der Waals surface area contributed by atoms with Crippen molar-refractivity contribution >= 4 is 17.6 Å². The minimum atomic E-state index is -1.25. The summed E-state index contributed by atoms with van der Waals surface area (Å²) in [5.41, 5.74) is 1.51. The molecule has 6 heteroatoms. The quantitative estimate of drug-likeness (QED) is 0.869. The summed E-state index contributed by atoms with van der Waals surface area (Å²) in [4.78, 5) is 10.6. The lowest BCUT2D eigenvalue weighted by atomic mass is 10.1. The smallest absolute Gasteiger partial charge is 0.393 e. The fourth-order valence-corrected chi connectivity index (χ4v) is 1.42. The Labute approximate surface area is 95.7 Å². The molecule has 1 aromatic heterocycles. The Balaban J connectivity index is 2.50. The van der Waals surface area contributed by atoms with Gasteiger partial charge in [0.2, 0.25) is 5.89 Å². The van der Waals surface area contributed by atoms with Crippen LogP contribution in [0.15, 0.2) is 22.6 Å². The van der Waals surface area contributed by atoms with Crippen molar-refractivity contribution in [3.63, 3.8) is 0 Å². The molecule has 1 aromatic carbocycles. The number of hydrogen-bond donors (Lipinski definition) is 1. The van der Waals surface area contributed by atoms with Gasteiger partial charge in [0.15, 0.2) is 0 Å². The third kappa shape index (κ3) is 1.90. The molecule has 0 aliphatic carbocycles. The van der Waals surface area contributed by atoms with E-state index in [2.05, 4.69) is 10.2 Å². The van der Waals surface area contributed by atoms with E-state index in [9.17, 15) is 4.79 Å². The molecule has 82 valence electrons. The maximum atomic E-state index is 10.6. The number of carbonyl (C=O) groups is 1. The summed E-state index contributed by atoms with van der Waals surface area (Å²) in [6.45, 7) is 1.84. The Morgan fingerprint density at radius 1 is 1.44 bits per heavy atom. The number of carboxylic acids is 1. The topological polar surface area (TPSA) is 76.2 Å². The molecule has 0 amide bonds. The average molecular weight is 239 g/mol. The van der Waals surface area contributed by atoms with Crippen LogP contribution in [-0.4, -0.2) is 21.3 Å². The van der Waals surface area contributed by atoms with Crippen LogP contribution in [0, 0.1) is 6.92 Å². The molecule has 0 spiro atoms. The minimum Gasteiger partial charge on any atom is -0.474 e. The number of aromatic nitrogens is 2. The van der Waals surface area contributed by atoms with E-state index in [1.165, 1.54) is 0 Å². The Morgan fingerprint density at radius 2 is 2.19 bits per heavy atom. The van der Waals surface area contributed by atoms with Crippen molar-refractivity contribution in [2.24, 2.45) is 0 Å². The van der Waals surface area contributed by atoms with Crippen molar-refractivity contribution in [1.29, 1.82) is 0 Å². The molecule has 0 unspecified atom stereocenters. The zero-order chi connectivity index (χ0) is 11.7. The molecular formula is C10H7ClN2O3. The van der Waals surface area contributed by atoms with Crippen LogP contribution < -0.4 is 0 Å². The van der Waals surface area contributed by atoms with Crippen LogP contribution in [0.3, 0.4) is 0 Å². The second-order valence-corrected chi connectivity index (χ2v) is 3.61. The van der Waals surface area contributed by atoms with E-state index in [4.69, 9.17) is 21.1 Å². The summed E-state index contributed by atoms with van der Waals surface area (Å²) in [7, 11) is 0. The normalized spacial score (nSPS) is 10.4. The summed E-state index contributed by atoms with van der Waals surface area (Å²) < 4.78 is 4.99. The molecule has 0 fully saturated rings. The van der Waals surface area contributed by atoms with Gasteiger partial charge in [0.05, 0.1) is 0 Å². The van der Waals surface area contributed by atoms with Gasteiger partial charge < -0.3 is 9.52 Å². The molecule has 0 saturated carbocycles. The summed E-state index contributed by atoms with van der Waals surface area (Å²) in [6.07, 6.45) is 0. The molecule has 0 atom stereocenters. The number of benzene rings is 1. The predicted octanol–water partition coefficient (Wildman–Crippen LogP) is 2.40. The summed E-state index contributed by atoms with van der Waals surface area (Å²) >= 11 is 5.83. The van der Waals surface area contributed by atoms with Gasteiger partial charge in [-0.2, -0.15) is 0 Å². The van der Waals surface area contributed by atoms with Crippen LogP contribution in [0.2, 0.25) is 5.02 Å². The third-order valence-electron chi connectivity index (χ3n) is 2.04. The van der Waals surface area contributed by atoms with Crippen LogP contribution in [-0.2, 0) is 0 Å². The lowest BCUT2D eigenvalue weighted by Gasteiger charge is -2.00. The molecule has 1 heterocycles. The molecule has 0 aliphatic rings. The maximum Gasteiger partial charge on any atom is 0.393 e. The Hall–Kier alpha value is -1.88. The van der Waals surface area contributed by atoms with Gasteiger partial charge in [0.1, 0.15) is 0 Å². The van der Waals surface area contributed by atoms with E-state index < -0.39 is 11.9 Å². The number of nitrogens with zero attached hydrogens (tertiary/aromatic N) is 2. The second kappa shape index (κ2) is 3.94. The zero-order valence-electron chi connectivity index (χ0n) is 8.27. The molecule has 2 aromatic rings. The summed E-state index contributed by atoms with van der Waals surface area (Å²) in [5.74, 6) is -1.54. The number of aromatic carboxylic acids is 1. The SMILES string of the molecule is Cc1ccc(Cl)cc1-c1nnc(C(=O)O)o1. The highest BCUT2D eigenvalue weighted by Crippen LogP contribution is 2.25. The van der Waals surface area contributed by atoms with Crippen molar-refractivity contribution in [3.8, 4) is 11.5 Å². The summed E-state index contributed by atoms with van der Waals surface area (Å²) in [6, 6.07) is 5.17. The lowest BCUT2D eigenvalue weighted by Crippen LogP contribution is -1.95. The van der Waals surface area contributed by atoms with Crippen molar-refractivity contribution in [1.82, 2.24) is 10.2 Å². The van der Waals surface area contributed by atoms with Gasteiger partial charge in [-0.25, -0.2) is 4.79 Å². The molecular weight excluding hydrogens is 232 g/mol. The Bertz CT molecular complexity index is 551. The molecule has 0 saturated heterocycles. The first-order valence-electron chi connectivity index (χ1n) is 4.41. The van der Waals surface area contributed by atoms with E-state index in [1.807, 2.05) is 6.92 Å². The van der Waals surface area contributed by atoms with Gasteiger partial charge in [0, 0.05) is 10.6 Å². The predicted molar refractivity (Wildman–Crippen MR) is 56.4 cm³/mol. The number of aryl methyl sites for hydroxylation is 1. The zero-order valence-corrected chi connectivity index (χ0v) is 9.02. The van der Waals surface area contributed by atoms with Crippen molar-refractivity contribution < 1.29 is 14.3 Å². The van der Waals surface area contributed by atoms with Crippen LogP contribution in [0.4, 0.5) is 0 Å². The monoisotopic (exact) mass is 238 g/mol. The molecule has 0 bridgehead atoms. The fraction of sp³-hybridized carbons (Fsp3) is 0.100. The van der Waals surface area contributed by atoms with E-state index in [-0.39, 0.29) is 5.89 Å². The number of carboxylic acid groups (broad SMARTS) is 1. The van der Waals surface area contributed by atoms with Crippen LogP contribution >= 0.6 is 11.6 Å². The standard InChI is InChI=1S/C10H7ClN2O3/c1-5-2-3-6(11)4-7(5)8-12-13-9(16-8)10(14)15/h2-4H,1H3,(H,14,15). The molecule has 0 aliphatic heterocycles. The second-order valence-electron chi connectivity index (χ2n) is 3.18. The Kier molecular flexibility index (Phi) is 2.62. The first-order chi connectivity index (χ1) is 7.58. The largest absolute Gasteiger partial charge is 0.474 e. The molecule has 0 radical (unpaired) electrons. The molecule has 5 nitrogen and oxygen atoms in total. The van der Waals surface area contributed by atoms with Crippen LogP contribution in [0.25, 0.3) is 11.5 Å². The van der Waals surface area contributed by atoms with E-state index in [0.29, 0.717) is 10.6 Å². The number of rotatable bonds is 2. The summed E-state index contributed by atoms with van der Waals surface area (Å²) in [5, 5.41) is 16.2. The minimum absolute atomic E-state index is 0.150. The number of halogens is 1. The van der Waals surface area contributed by atoms with Gasteiger partial charge in [0.25, 0.3) is 0 Å². The van der Waals surface area contributed by atoms with Gasteiger partial charge in [-0.3, -0.25) is 0 Å². The van der Waals surface area contributed by atoms with Crippen molar-refractivity contribution in [2.45, 2.75) is 6.92 Å². The van der Waals surface area contributed by atoms with Gasteiger partial charge in [-0.15, -0.1) is 10.2 Å². The molecule has 2 rings (SSSR count). The van der Waals surface area contributed by atoms with Crippen molar-refractivity contribution in [2.75, 3.05) is 0 Å². The highest BCUT2D eigenvalue weighted by Gasteiger charge is 2.15. The lowest BCUT2D eigenvalue weighted by molar-refractivity contribution is 0.0654. The maximum absolute atomic E-state index is 10.6. The van der Waals surface area contributed by atoms with Crippen LogP contribution in [0.5, 0.6) is 0 Å². The van der Waals surface area contributed by atoms with E-state index in [1.54, 1.807) is 18.2 Å². The van der Waals surface area contributed by atoms with Gasteiger partial charge in [-0.1, -0.05) is 17.7 Å². The average Bonchev–Trinajstić information content (AvgIpc) is 2.70. The van der Waals surface area contributed by atoms with Gasteiger partial charge in [-0.05, 0) is 24.6 Å². The molecule has 16 heavy (non-hydrogen) atoms. The first-order valence-corrected chi connectivity index (χ1v) is 4.79.